The van der Waals surface area contributed by atoms with Gasteiger partial charge in [0, 0.05) is 30.2 Å². The van der Waals surface area contributed by atoms with Crippen molar-refractivity contribution in [3.63, 3.8) is 0 Å². The zero-order chi connectivity index (χ0) is 21.5. The summed E-state index contributed by atoms with van der Waals surface area (Å²) in [5.74, 6) is -0.124. The lowest BCUT2D eigenvalue weighted by Gasteiger charge is -2.19. The third kappa shape index (κ3) is 3.68. The van der Waals surface area contributed by atoms with Crippen molar-refractivity contribution in [1.82, 2.24) is 4.98 Å². The molecule has 30 heavy (non-hydrogen) atoms. The summed E-state index contributed by atoms with van der Waals surface area (Å²) in [6, 6.07) is 12.3. The van der Waals surface area contributed by atoms with E-state index in [4.69, 9.17) is 0 Å². The van der Waals surface area contributed by atoms with Gasteiger partial charge in [-0.3, -0.25) is 14.5 Å². The molecule has 2 aromatic carbocycles. The number of carbonyl (C=O) groups is 1. The summed E-state index contributed by atoms with van der Waals surface area (Å²) in [6.07, 6.45) is 3.90. The molecular weight excluding hydrogens is 398 g/mol. The first kappa shape index (κ1) is 20.1. The van der Waals surface area contributed by atoms with E-state index in [0.29, 0.717) is 23.4 Å². The van der Waals surface area contributed by atoms with E-state index in [-0.39, 0.29) is 10.8 Å². The molecule has 0 bridgehead atoms. The number of aryl methyl sites for hydroxylation is 3. The smallest absolute Gasteiger partial charge is 0.262 e. The van der Waals surface area contributed by atoms with Gasteiger partial charge in [-0.25, -0.2) is 8.42 Å². The molecule has 6 nitrogen and oxygen atoms in total. The van der Waals surface area contributed by atoms with Crippen molar-refractivity contribution in [2.75, 3.05) is 16.2 Å². The molecule has 0 aliphatic carbocycles. The standard InChI is InChI=1S/C23H23N3O3S/c1-15-12-17(3)22(13-16(15)2)30(28,29)25-20-5-4-18-8-11-26(21(18)14-20)23(27)19-6-9-24-10-7-19/h4-7,9-10,12-14,25H,8,11H2,1-3H3. The summed E-state index contributed by atoms with van der Waals surface area (Å²) in [6.45, 7) is 6.20. The second-order valence-electron chi connectivity index (χ2n) is 7.59. The number of nitrogens with zero attached hydrogens (tertiary/aromatic N) is 2. The minimum atomic E-state index is -3.75. The van der Waals surface area contributed by atoms with Crippen LogP contribution in [0.1, 0.15) is 32.6 Å². The van der Waals surface area contributed by atoms with Gasteiger partial charge in [-0.05, 0) is 79.8 Å². The maximum Gasteiger partial charge on any atom is 0.262 e. The third-order valence-electron chi connectivity index (χ3n) is 5.49. The Balaban J connectivity index is 1.65. The average molecular weight is 422 g/mol. The summed E-state index contributed by atoms with van der Waals surface area (Å²) in [7, 11) is -3.75. The summed E-state index contributed by atoms with van der Waals surface area (Å²) < 4.78 is 28.7. The number of carbonyl (C=O) groups excluding carboxylic acids is 1. The highest BCUT2D eigenvalue weighted by Gasteiger charge is 2.27. The van der Waals surface area contributed by atoms with Gasteiger partial charge in [-0.2, -0.15) is 0 Å². The molecule has 1 aliphatic rings. The molecule has 4 rings (SSSR count). The summed E-state index contributed by atoms with van der Waals surface area (Å²) in [5, 5.41) is 0. The lowest BCUT2D eigenvalue weighted by molar-refractivity contribution is 0.0989. The molecule has 154 valence electrons. The van der Waals surface area contributed by atoms with Gasteiger partial charge in [0.2, 0.25) is 0 Å². The molecule has 7 heteroatoms. The number of amides is 1. The van der Waals surface area contributed by atoms with E-state index in [0.717, 1.165) is 28.8 Å². The molecule has 0 saturated heterocycles. The Kier molecular flexibility index (Phi) is 5.07. The highest BCUT2D eigenvalue weighted by Crippen LogP contribution is 2.33. The Labute approximate surface area is 176 Å². The largest absolute Gasteiger partial charge is 0.308 e. The zero-order valence-corrected chi connectivity index (χ0v) is 18.0. The monoisotopic (exact) mass is 421 g/mol. The Morgan fingerprint density at radius 3 is 2.40 bits per heavy atom. The fourth-order valence-corrected chi connectivity index (χ4v) is 5.10. The molecule has 0 fully saturated rings. The van der Waals surface area contributed by atoms with Crippen LogP contribution >= 0.6 is 0 Å². The normalized spacial score (nSPS) is 13.2. The quantitative estimate of drug-likeness (QED) is 0.690. The van der Waals surface area contributed by atoms with E-state index in [1.807, 2.05) is 26.0 Å². The molecular formula is C23H23N3O3S. The van der Waals surface area contributed by atoms with Gasteiger partial charge < -0.3 is 4.90 Å². The second-order valence-corrected chi connectivity index (χ2v) is 9.24. The lowest BCUT2D eigenvalue weighted by Crippen LogP contribution is -2.28. The molecule has 1 aromatic heterocycles. The molecule has 0 saturated carbocycles. The van der Waals surface area contributed by atoms with Crippen LogP contribution in [0.15, 0.2) is 59.8 Å². The van der Waals surface area contributed by atoms with Crippen molar-refractivity contribution in [2.24, 2.45) is 0 Å². The number of sulfonamides is 1. The van der Waals surface area contributed by atoms with E-state index in [9.17, 15) is 13.2 Å². The molecule has 1 N–H and O–H groups in total. The number of benzene rings is 2. The number of pyridine rings is 1. The van der Waals surface area contributed by atoms with E-state index >= 15 is 0 Å². The van der Waals surface area contributed by atoms with Gasteiger partial charge in [0.05, 0.1) is 10.6 Å². The van der Waals surface area contributed by atoms with Gasteiger partial charge in [0.1, 0.15) is 0 Å². The Morgan fingerprint density at radius 1 is 0.967 bits per heavy atom. The first-order valence-corrected chi connectivity index (χ1v) is 11.2. The van der Waals surface area contributed by atoms with Crippen LogP contribution in [0.2, 0.25) is 0 Å². The summed E-state index contributed by atoms with van der Waals surface area (Å²) >= 11 is 0. The van der Waals surface area contributed by atoms with Crippen LogP contribution in [0.4, 0.5) is 11.4 Å². The first-order valence-electron chi connectivity index (χ1n) is 9.72. The van der Waals surface area contributed by atoms with Crippen LogP contribution in [0.3, 0.4) is 0 Å². The van der Waals surface area contributed by atoms with E-state index in [1.54, 1.807) is 54.5 Å². The van der Waals surface area contributed by atoms with Crippen LogP contribution in [0.5, 0.6) is 0 Å². The van der Waals surface area contributed by atoms with Gasteiger partial charge in [-0.15, -0.1) is 0 Å². The van der Waals surface area contributed by atoms with Crippen molar-refractivity contribution in [3.8, 4) is 0 Å². The molecule has 0 spiro atoms. The van der Waals surface area contributed by atoms with Crippen molar-refractivity contribution in [1.29, 1.82) is 0 Å². The van der Waals surface area contributed by atoms with Gasteiger partial charge >= 0.3 is 0 Å². The Hall–Kier alpha value is -3.19. The Morgan fingerprint density at radius 2 is 1.67 bits per heavy atom. The molecule has 0 atom stereocenters. The first-order chi connectivity index (χ1) is 14.3. The molecule has 1 aliphatic heterocycles. The fourth-order valence-electron chi connectivity index (χ4n) is 3.74. The van der Waals surface area contributed by atoms with E-state index in [1.165, 1.54) is 0 Å². The summed E-state index contributed by atoms with van der Waals surface area (Å²) in [5.41, 5.74) is 5.39. The Bertz CT molecular complexity index is 1240. The number of aromatic nitrogens is 1. The molecule has 3 aromatic rings. The van der Waals surface area contributed by atoms with Crippen molar-refractivity contribution in [2.45, 2.75) is 32.1 Å². The number of hydrogen-bond acceptors (Lipinski definition) is 4. The van der Waals surface area contributed by atoms with Crippen molar-refractivity contribution < 1.29 is 13.2 Å². The fraction of sp³-hybridized carbons (Fsp3) is 0.217. The predicted octanol–water partition coefficient (Wildman–Crippen LogP) is 4.01. The minimum absolute atomic E-state index is 0.124. The second kappa shape index (κ2) is 7.57. The van der Waals surface area contributed by atoms with Crippen molar-refractivity contribution in [3.05, 3.63) is 82.7 Å². The van der Waals surface area contributed by atoms with E-state index < -0.39 is 10.0 Å². The number of hydrogen-bond donors (Lipinski definition) is 1. The molecule has 2 heterocycles. The van der Waals surface area contributed by atoms with Crippen LogP contribution in [0, 0.1) is 20.8 Å². The van der Waals surface area contributed by atoms with Gasteiger partial charge in [0.15, 0.2) is 0 Å². The number of anilines is 2. The molecule has 1 amide bonds. The van der Waals surface area contributed by atoms with Crippen LogP contribution in [-0.2, 0) is 16.4 Å². The lowest BCUT2D eigenvalue weighted by atomic mass is 10.1. The van der Waals surface area contributed by atoms with Crippen LogP contribution in [-0.4, -0.2) is 25.9 Å². The molecule has 0 radical (unpaired) electrons. The summed E-state index contributed by atoms with van der Waals surface area (Å²) in [4.78, 5) is 18.8. The number of fused-ring (bicyclic) bond motifs is 1. The third-order valence-corrected chi connectivity index (χ3v) is 7.01. The van der Waals surface area contributed by atoms with Crippen LogP contribution in [0.25, 0.3) is 0 Å². The van der Waals surface area contributed by atoms with Crippen molar-refractivity contribution >= 4 is 27.3 Å². The maximum atomic E-state index is 13.0. The highest BCUT2D eigenvalue weighted by molar-refractivity contribution is 7.92. The van der Waals surface area contributed by atoms with Gasteiger partial charge in [0.25, 0.3) is 15.9 Å². The average Bonchev–Trinajstić information content (AvgIpc) is 3.13. The SMILES string of the molecule is Cc1cc(C)c(S(=O)(=O)Nc2ccc3c(c2)N(C(=O)c2ccncc2)CC3)cc1C. The predicted molar refractivity (Wildman–Crippen MR) is 118 cm³/mol. The topological polar surface area (TPSA) is 79.4 Å². The minimum Gasteiger partial charge on any atom is -0.308 e. The highest BCUT2D eigenvalue weighted by atomic mass is 32.2. The zero-order valence-electron chi connectivity index (χ0n) is 17.1. The van der Waals surface area contributed by atoms with E-state index in [2.05, 4.69) is 9.71 Å². The number of nitrogens with one attached hydrogen (secondary N) is 1. The van der Waals surface area contributed by atoms with Gasteiger partial charge in [-0.1, -0.05) is 12.1 Å². The number of rotatable bonds is 4. The molecule has 0 unspecified atom stereocenters. The maximum absolute atomic E-state index is 13.0. The van der Waals surface area contributed by atoms with Crippen LogP contribution < -0.4 is 9.62 Å².